The Kier molecular flexibility index (Phi) is 3.78. The second kappa shape index (κ2) is 5.50. The third-order valence-electron chi connectivity index (χ3n) is 2.27. The molecule has 0 atom stereocenters. The van der Waals surface area contributed by atoms with Crippen LogP contribution in [0.1, 0.15) is 5.69 Å². The molecule has 0 fully saturated rings. The highest BCUT2D eigenvalue weighted by Gasteiger charge is 2.12. The predicted octanol–water partition coefficient (Wildman–Crippen LogP) is 2.86. The lowest BCUT2D eigenvalue weighted by Crippen LogP contribution is -1.94. The predicted molar refractivity (Wildman–Crippen MR) is 71.3 cm³/mol. The van der Waals surface area contributed by atoms with Crippen LogP contribution in [0.4, 0.5) is 11.5 Å². The lowest BCUT2D eigenvalue weighted by Gasteiger charge is -2.03. The molecule has 5 nitrogen and oxygen atoms in total. The van der Waals surface area contributed by atoms with E-state index in [1.807, 2.05) is 12.1 Å². The van der Waals surface area contributed by atoms with Crippen molar-refractivity contribution in [2.24, 2.45) is 0 Å². The zero-order valence-electron chi connectivity index (χ0n) is 9.45. The molecule has 1 aromatic carbocycles. The topological polar surface area (TPSA) is 82.0 Å². The van der Waals surface area contributed by atoms with Gasteiger partial charge in [-0.25, -0.2) is 4.98 Å². The average molecular weight is 261 g/mol. The fourth-order valence-electron chi connectivity index (χ4n) is 1.46. The maximum atomic E-state index is 10.8. The first-order valence-corrected chi connectivity index (χ1v) is 6.23. The van der Waals surface area contributed by atoms with Crippen LogP contribution in [0.15, 0.2) is 47.4 Å². The maximum Gasteiger partial charge on any atom is 0.282 e. The fraction of sp³-hybridized carbons (Fsp3) is 0.0833. The molecule has 18 heavy (non-hydrogen) atoms. The van der Waals surface area contributed by atoms with Gasteiger partial charge in [-0.15, -0.1) is 11.8 Å². The van der Waals surface area contributed by atoms with Crippen molar-refractivity contribution in [3.8, 4) is 0 Å². The number of rotatable bonds is 4. The van der Waals surface area contributed by atoms with Crippen molar-refractivity contribution in [2.75, 3.05) is 5.73 Å². The SMILES string of the molecule is Nc1cccc(CSc2ccccc2[N+](=O)[O-])n1. The summed E-state index contributed by atoms with van der Waals surface area (Å²) >= 11 is 1.38. The quantitative estimate of drug-likeness (QED) is 0.520. The summed E-state index contributed by atoms with van der Waals surface area (Å²) in [6.07, 6.45) is 0. The summed E-state index contributed by atoms with van der Waals surface area (Å²) in [5.74, 6) is 1.01. The Morgan fingerprint density at radius 3 is 2.72 bits per heavy atom. The number of pyridine rings is 1. The van der Waals surface area contributed by atoms with Crippen molar-refractivity contribution >= 4 is 23.3 Å². The van der Waals surface area contributed by atoms with Crippen LogP contribution in [0, 0.1) is 10.1 Å². The van der Waals surface area contributed by atoms with Gasteiger partial charge < -0.3 is 5.73 Å². The summed E-state index contributed by atoms with van der Waals surface area (Å²) in [7, 11) is 0. The minimum atomic E-state index is -0.380. The molecular weight excluding hydrogens is 250 g/mol. The van der Waals surface area contributed by atoms with E-state index < -0.39 is 0 Å². The van der Waals surface area contributed by atoms with Gasteiger partial charge in [-0.05, 0) is 18.2 Å². The second-order valence-electron chi connectivity index (χ2n) is 3.57. The van der Waals surface area contributed by atoms with Gasteiger partial charge in [0.2, 0.25) is 0 Å². The van der Waals surface area contributed by atoms with Crippen molar-refractivity contribution in [2.45, 2.75) is 10.6 Å². The van der Waals surface area contributed by atoms with Crippen LogP contribution in [0.3, 0.4) is 0 Å². The molecule has 2 aromatic rings. The second-order valence-corrected chi connectivity index (χ2v) is 4.58. The Labute approximate surface area is 108 Å². The lowest BCUT2D eigenvalue weighted by molar-refractivity contribution is -0.387. The molecule has 92 valence electrons. The van der Waals surface area contributed by atoms with Gasteiger partial charge >= 0.3 is 0 Å². The smallest absolute Gasteiger partial charge is 0.282 e. The third kappa shape index (κ3) is 2.98. The van der Waals surface area contributed by atoms with E-state index in [4.69, 9.17) is 5.73 Å². The van der Waals surface area contributed by atoms with Crippen LogP contribution in [-0.2, 0) is 5.75 Å². The van der Waals surface area contributed by atoms with Crippen molar-refractivity contribution < 1.29 is 4.92 Å². The molecular formula is C12H11N3O2S. The monoisotopic (exact) mass is 261 g/mol. The number of nitrogens with zero attached hydrogens (tertiary/aromatic N) is 2. The van der Waals surface area contributed by atoms with Gasteiger partial charge in [-0.2, -0.15) is 0 Å². The molecule has 0 amide bonds. The summed E-state index contributed by atoms with van der Waals surface area (Å²) in [5, 5.41) is 10.8. The number of benzene rings is 1. The molecule has 0 saturated carbocycles. The van der Waals surface area contributed by atoms with Crippen LogP contribution in [0.25, 0.3) is 0 Å². The van der Waals surface area contributed by atoms with Crippen LogP contribution >= 0.6 is 11.8 Å². The normalized spacial score (nSPS) is 10.2. The molecule has 1 heterocycles. The van der Waals surface area contributed by atoms with Gasteiger partial charge in [0.05, 0.1) is 15.5 Å². The number of para-hydroxylation sites is 1. The van der Waals surface area contributed by atoms with Gasteiger partial charge in [0.1, 0.15) is 5.82 Å². The Morgan fingerprint density at radius 1 is 1.22 bits per heavy atom. The molecule has 0 aliphatic carbocycles. The third-order valence-corrected chi connectivity index (χ3v) is 3.36. The highest BCUT2D eigenvalue weighted by molar-refractivity contribution is 7.98. The number of aromatic nitrogens is 1. The molecule has 2 rings (SSSR count). The Hall–Kier alpha value is -2.08. The molecule has 0 saturated heterocycles. The first-order chi connectivity index (χ1) is 8.66. The fourth-order valence-corrected chi connectivity index (χ4v) is 2.39. The van der Waals surface area contributed by atoms with Crippen LogP contribution < -0.4 is 5.73 Å². The van der Waals surface area contributed by atoms with E-state index in [1.165, 1.54) is 17.8 Å². The molecule has 0 spiro atoms. The molecule has 2 N–H and O–H groups in total. The molecule has 1 aromatic heterocycles. The summed E-state index contributed by atoms with van der Waals surface area (Å²) in [5.41, 5.74) is 6.50. The largest absolute Gasteiger partial charge is 0.384 e. The first kappa shape index (κ1) is 12.4. The van der Waals surface area contributed by atoms with E-state index in [0.29, 0.717) is 16.5 Å². The van der Waals surface area contributed by atoms with E-state index in [2.05, 4.69) is 4.98 Å². The van der Waals surface area contributed by atoms with E-state index >= 15 is 0 Å². The number of thioether (sulfide) groups is 1. The highest BCUT2D eigenvalue weighted by atomic mass is 32.2. The van der Waals surface area contributed by atoms with E-state index in [1.54, 1.807) is 24.3 Å². The summed E-state index contributed by atoms with van der Waals surface area (Å²) in [6, 6.07) is 12.0. The van der Waals surface area contributed by atoms with Gasteiger partial charge in [-0.1, -0.05) is 18.2 Å². The Morgan fingerprint density at radius 2 is 2.00 bits per heavy atom. The number of anilines is 1. The lowest BCUT2D eigenvalue weighted by atomic mass is 10.3. The molecule has 0 aliphatic heterocycles. The van der Waals surface area contributed by atoms with Gasteiger partial charge in [0, 0.05) is 11.8 Å². The molecule has 0 unspecified atom stereocenters. The molecule has 6 heteroatoms. The summed E-state index contributed by atoms with van der Waals surface area (Å²) in [6.45, 7) is 0. The first-order valence-electron chi connectivity index (χ1n) is 5.24. The van der Waals surface area contributed by atoms with Gasteiger partial charge in [0.25, 0.3) is 5.69 Å². The number of nitro groups is 1. The zero-order valence-corrected chi connectivity index (χ0v) is 10.3. The number of nitro benzene ring substituents is 1. The van der Waals surface area contributed by atoms with Crippen molar-refractivity contribution in [1.82, 2.24) is 4.98 Å². The average Bonchev–Trinajstić information content (AvgIpc) is 2.37. The minimum absolute atomic E-state index is 0.117. The van der Waals surface area contributed by atoms with E-state index in [9.17, 15) is 10.1 Å². The van der Waals surface area contributed by atoms with Gasteiger partial charge in [0.15, 0.2) is 0 Å². The van der Waals surface area contributed by atoms with E-state index in [-0.39, 0.29) is 10.6 Å². The molecule has 0 radical (unpaired) electrons. The Balaban J connectivity index is 2.13. The van der Waals surface area contributed by atoms with Crippen LogP contribution in [-0.4, -0.2) is 9.91 Å². The van der Waals surface area contributed by atoms with E-state index in [0.717, 1.165) is 5.69 Å². The van der Waals surface area contributed by atoms with Crippen LogP contribution in [0.2, 0.25) is 0 Å². The van der Waals surface area contributed by atoms with Crippen molar-refractivity contribution in [3.05, 3.63) is 58.3 Å². The number of hydrogen-bond donors (Lipinski definition) is 1. The highest BCUT2D eigenvalue weighted by Crippen LogP contribution is 2.30. The standard InChI is InChI=1S/C12H11N3O2S/c13-12-7-3-4-9(14-12)8-18-11-6-2-1-5-10(11)15(16)17/h1-7H,8H2,(H2,13,14). The molecule has 0 aliphatic rings. The summed E-state index contributed by atoms with van der Waals surface area (Å²) in [4.78, 5) is 15.2. The zero-order chi connectivity index (χ0) is 13.0. The minimum Gasteiger partial charge on any atom is -0.384 e. The number of hydrogen-bond acceptors (Lipinski definition) is 5. The maximum absolute atomic E-state index is 10.8. The molecule has 0 bridgehead atoms. The van der Waals surface area contributed by atoms with Crippen molar-refractivity contribution in [3.63, 3.8) is 0 Å². The van der Waals surface area contributed by atoms with Crippen LogP contribution in [0.5, 0.6) is 0 Å². The Bertz CT molecular complexity index is 575. The summed E-state index contributed by atoms with van der Waals surface area (Å²) < 4.78 is 0. The number of nitrogen functional groups attached to an aromatic ring is 1. The number of nitrogens with two attached hydrogens (primary N) is 1. The van der Waals surface area contributed by atoms with Crippen molar-refractivity contribution in [1.29, 1.82) is 0 Å². The van der Waals surface area contributed by atoms with Gasteiger partial charge in [-0.3, -0.25) is 10.1 Å².